The molecule has 0 atom stereocenters. The molecule has 7 nitrogen and oxygen atoms in total. The summed E-state index contributed by atoms with van der Waals surface area (Å²) in [6.45, 7) is 2.44. The molecule has 0 fully saturated rings. The van der Waals surface area contributed by atoms with Gasteiger partial charge in [0.25, 0.3) is 11.5 Å². The van der Waals surface area contributed by atoms with E-state index in [2.05, 4.69) is 11.1 Å². The number of amides is 1. The number of aromatic nitrogens is 2. The van der Waals surface area contributed by atoms with Crippen LogP contribution in [-0.2, 0) is 6.54 Å². The Morgan fingerprint density at radius 2 is 1.79 bits per heavy atom. The summed E-state index contributed by atoms with van der Waals surface area (Å²) in [7, 11) is 0. The highest BCUT2D eigenvalue weighted by Crippen LogP contribution is 2.25. The van der Waals surface area contributed by atoms with E-state index >= 15 is 0 Å². The number of nitrogen functional groups attached to an aromatic ring is 1. The summed E-state index contributed by atoms with van der Waals surface area (Å²) in [5, 5.41) is 0. The first-order valence-corrected chi connectivity index (χ1v) is 11.7. The Morgan fingerprint density at radius 1 is 1.06 bits per heavy atom. The fourth-order valence-electron chi connectivity index (χ4n) is 4.32. The number of aromatic amines is 1. The maximum Gasteiger partial charge on any atom is 0.330 e. The summed E-state index contributed by atoms with van der Waals surface area (Å²) in [4.78, 5) is 43.0. The van der Waals surface area contributed by atoms with Gasteiger partial charge in [-0.2, -0.15) is 0 Å². The van der Waals surface area contributed by atoms with Crippen LogP contribution in [0.2, 0.25) is 0 Å². The fraction of sp³-hybridized carbons (Fsp3) is 0.296. The van der Waals surface area contributed by atoms with Gasteiger partial charge in [-0.05, 0) is 56.7 Å². The van der Waals surface area contributed by atoms with Crippen molar-refractivity contribution < 1.29 is 4.79 Å². The molecule has 1 aliphatic rings. The summed E-state index contributed by atoms with van der Waals surface area (Å²) in [5.41, 5.74) is 8.79. The summed E-state index contributed by atoms with van der Waals surface area (Å²) in [6.07, 6.45) is 7.20. The predicted molar refractivity (Wildman–Crippen MR) is 135 cm³/mol. The van der Waals surface area contributed by atoms with Crippen molar-refractivity contribution in [1.29, 1.82) is 0 Å². The molecule has 34 heavy (non-hydrogen) atoms. The number of nitrogens with two attached hydrogens (primary N) is 1. The van der Waals surface area contributed by atoms with Crippen molar-refractivity contribution in [3.05, 3.63) is 104 Å². The molecular weight excluding hydrogens is 428 g/mol. The molecule has 0 saturated carbocycles. The first kappa shape index (κ1) is 23.3. The number of rotatable bonds is 7. The smallest absolute Gasteiger partial charge is 0.330 e. The number of H-pyrrole nitrogens is 1. The lowest BCUT2D eigenvalue weighted by molar-refractivity contribution is 0.0987. The monoisotopic (exact) mass is 458 g/mol. The SMILES string of the molecule is Cc1ccc(C(=O)N(CCC2=CCCCC2)c2c(N)n(Cc3ccccc3)c(=O)[nH]c2=O)cc1. The highest BCUT2D eigenvalue weighted by Gasteiger charge is 2.25. The first-order valence-electron chi connectivity index (χ1n) is 11.7. The van der Waals surface area contributed by atoms with E-state index in [1.54, 1.807) is 12.1 Å². The first-order chi connectivity index (χ1) is 16.4. The topological polar surface area (TPSA) is 101 Å². The van der Waals surface area contributed by atoms with Crippen LogP contribution in [0.5, 0.6) is 0 Å². The highest BCUT2D eigenvalue weighted by molar-refractivity contribution is 6.07. The molecule has 7 heteroatoms. The fourth-order valence-corrected chi connectivity index (χ4v) is 4.32. The van der Waals surface area contributed by atoms with Gasteiger partial charge in [0, 0.05) is 12.1 Å². The Morgan fingerprint density at radius 3 is 2.47 bits per heavy atom. The molecule has 0 saturated heterocycles. The minimum absolute atomic E-state index is 0.0116. The molecule has 2 aromatic carbocycles. The van der Waals surface area contributed by atoms with Gasteiger partial charge in [0.1, 0.15) is 5.82 Å². The number of hydrogen-bond acceptors (Lipinski definition) is 4. The van der Waals surface area contributed by atoms with Gasteiger partial charge < -0.3 is 10.6 Å². The maximum atomic E-state index is 13.6. The second-order valence-electron chi connectivity index (χ2n) is 8.75. The Labute approximate surface area is 198 Å². The van der Waals surface area contributed by atoms with E-state index in [-0.39, 0.29) is 24.0 Å². The van der Waals surface area contributed by atoms with Crippen LogP contribution >= 0.6 is 0 Å². The van der Waals surface area contributed by atoms with Crippen molar-refractivity contribution in [3.8, 4) is 0 Å². The molecule has 0 aliphatic heterocycles. The quantitative estimate of drug-likeness (QED) is 0.522. The number of carbonyl (C=O) groups is 1. The van der Waals surface area contributed by atoms with Gasteiger partial charge in [-0.25, -0.2) is 4.79 Å². The Kier molecular flexibility index (Phi) is 7.11. The van der Waals surface area contributed by atoms with E-state index in [9.17, 15) is 14.4 Å². The van der Waals surface area contributed by atoms with Gasteiger partial charge in [-0.15, -0.1) is 0 Å². The average molecular weight is 459 g/mol. The average Bonchev–Trinajstić information content (AvgIpc) is 2.85. The van der Waals surface area contributed by atoms with Crippen LogP contribution in [0.15, 0.2) is 75.8 Å². The third kappa shape index (κ3) is 5.20. The second-order valence-corrected chi connectivity index (χ2v) is 8.75. The standard InChI is InChI=1S/C27H30N4O3/c1-19-12-14-22(15-13-19)26(33)30(17-16-20-8-4-2-5-9-20)23-24(28)31(27(34)29-25(23)32)18-21-10-6-3-7-11-21/h3,6-8,10-15H,2,4-5,9,16-18,28H2,1H3,(H,29,32,34). The van der Waals surface area contributed by atoms with E-state index in [0.29, 0.717) is 18.5 Å². The van der Waals surface area contributed by atoms with Crippen molar-refractivity contribution in [3.63, 3.8) is 0 Å². The lowest BCUT2D eigenvalue weighted by Gasteiger charge is -2.26. The molecule has 0 unspecified atom stereocenters. The van der Waals surface area contributed by atoms with Crippen LogP contribution in [0.1, 0.15) is 53.6 Å². The van der Waals surface area contributed by atoms with E-state index in [4.69, 9.17) is 5.73 Å². The molecule has 3 N–H and O–H groups in total. The van der Waals surface area contributed by atoms with Crippen molar-refractivity contribution in [2.24, 2.45) is 0 Å². The van der Waals surface area contributed by atoms with E-state index in [0.717, 1.165) is 30.4 Å². The molecule has 1 heterocycles. The van der Waals surface area contributed by atoms with E-state index in [1.807, 2.05) is 49.4 Å². The summed E-state index contributed by atoms with van der Waals surface area (Å²) in [5.74, 6) is -0.339. The van der Waals surface area contributed by atoms with Gasteiger partial charge in [0.15, 0.2) is 5.69 Å². The number of aryl methyl sites for hydroxylation is 1. The van der Waals surface area contributed by atoms with Crippen LogP contribution in [0.25, 0.3) is 0 Å². The Hall–Kier alpha value is -3.87. The minimum Gasteiger partial charge on any atom is -0.383 e. The molecule has 1 aromatic heterocycles. The Balaban J connectivity index is 1.76. The number of nitrogens with zero attached hydrogens (tertiary/aromatic N) is 2. The van der Waals surface area contributed by atoms with Crippen LogP contribution in [-0.4, -0.2) is 22.0 Å². The largest absolute Gasteiger partial charge is 0.383 e. The number of allylic oxidation sites excluding steroid dienone is 1. The lowest BCUT2D eigenvalue weighted by atomic mass is 9.97. The summed E-state index contributed by atoms with van der Waals surface area (Å²) >= 11 is 0. The van der Waals surface area contributed by atoms with Gasteiger partial charge >= 0.3 is 5.69 Å². The van der Waals surface area contributed by atoms with Crippen molar-refractivity contribution >= 4 is 17.4 Å². The third-order valence-electron chi connectivity index (χ3n) is 6.25. The van der Waals surface area contributed by atoms with Crippen LogP contribution < -0.4 is 21.9 Å². The zero-order chi connectivity index (χ0) is 24.1. The number of hydrogen-bond donors (Lipinski definition) is 2. The zero-order valence-electron chi connectivity index (χ0n) is 19.4. The van der Waals surface area contributed by atoms with Crippen molar-refractivity contribution in [2.75, 3.05) is 17.2 Å². The molecule has 3 aromatic rings. The third-order valence-corrected chi connectivity index (χ3v) is 6.25. The number of nitrogens with one attached hydrogen (secondary N) is 1. The molecular formula is C27H30N4O3. The number of carbonyl (C=O) groups excluding carboxylic acids is 1. The van der Waals surface area contributed by atoms with Crippen LogP contribution in [0.3, 0.4) is 0 Å². The molecule has 1 amide bonds. The van der Waals surface area contributed by atoms with E-state index in [1.165, 1.54) is 21.5 Å². The lowest BCUT2D eigenvalue weighted by Crippen LogP contribution is -2.42. The molecule has 0 spiro atoms. The molecule has 1 aliphatic carbocycles. The Bertz CT molecular complexity index is 1300. The predicted octanol–water partition coefficient (Wildman–Crippen LogP) is 4.01. The molecule has 0 bridgehead atoms. The maximum absolute atomic E-state index is 13.6. The van der Waals surface area contributed by atoms with Crippen molar-refractivity contribution in [1.82, 2.24) is 9.55 Å². The summed E-state index contributed by atoms with van der Waals surface area (Å²) in [6, 6.07) is 16.6. The number of anilines is 2. The van der Waals surface area contributed by atoms with Gasteiger partial charge in [0.05, 0.1) is 6.54 Å². The number of benzene rings is 2. The van der Waals surface area contributed by atoms with Crippen molar-refractivity contribution in [2.45, 2.75) is 45.6 Å². The van der Waals surface area contributed by atoms with Gasteiger partial charge in [-0.3, -0.25) is 19.1 Å². The van der Waals surface area contributed by atoms with Crippen LogP contribution in [0, 0.1) is 6.92 Å². The molecule has 4 rings (SSSR count). The normalized spacial score (nSPS) is 13.4. The van der Waals surface area contributed by atoms with E-state index < -0.39 is 11.2 Å². The van der Waals surface area contributed by atoms with Gasteiger partial charge in [-0.1, -0.05) is 59.7 Å². The molecule has 176 valence electrons. The minimum atomic E-state index is -0.662. The summed E-state index contributed by atoms with van der Waals surface area (Å²) < 4.78 is 1.31. The van der Waals surface area contributed by atoms with Gasteiger partial charge in [0.2, 0.25) is 0 Å². The zero-order valence-corrected chi connectivity index (χ0v) is 19.4. The van der Waals surface area contributed by atoms with Crippen LogP contribution in [0.4, 0.5) is 11.5 Å². The second kappa shape index (κ2) is 10.4. The molecule has 0 radical (unpaired) electrons. The highest BCUT2D eigenvalue weighted by atomic mass is 16.2.